The summed E-state index contributed by atoms with van der Waals surface area (Å²) in [6, 6.07) is 6.92. The number of nitrogens with zero attached hydrogens (tertiary/aromatic N) is 1. The highest BCUT2D eigenvalue weighted by atomic mass is 15.3. The average Bonchev–Trinajstić information content (AvgIpc) is 2.26. The Hall–Kier alpha value is -0.820. The number of hydrogen-bond acceptors (Lipinski definition) is 0. The number of benzene rings is 1. The molecule has 0 spiro atoms. The van der Waals surface area contributed by atoms with Gasteiger partial charge in [0.2, 0.25) is 0 Å². The molecule has 0 N–H and O–H groups in total. The van der Waals surface area contributed by atoms with E-state index >= 15 is 0 Å². The predicted molar refractivity (Wildman–Crippen MR) is 60.4 cm³/mol. The van der Waals surface area contributed by atoms with Gasteiger partial charge in [-0.3, -0.25) is 0 Å². The van der Waals surface area contributed by atoms with Crippen LogP contribution in [0, 0.1) is 6.92 Å². The van der Waals surface area contributed by atoms with Gasteiger partial charge >= 0.3 is 0 Å². The van der Waals surface area contributed by atoms with Crippen molar-refractivity contribution in [1.82, 2.24) is 0 Å². The van der Waals surface area contributed by atoms with Crippen molar-refractivity contribution >= 4 is 0 Å². The third kappa shape index (κ3) is 1.98. The first kappa shape index (κ1) is 9.72. The molecule has 0 unspecified atom stereocenters. The van der Waals surface area contributed by atoms with Crippen LogP contribution in [0.1, 0.15) is 16.7 Å². The molecule has 1 aliphatic heterocycles. The van der Waals surface area contributed by atoms with E-state index in [9.17, 15) is 0 Å². The van der Waals surface area contributed by atoms with Crippen molar-refractivity contribution in [2.24, 2.45) is 0 Å². The van der Waals surface area contributed by atoms with Gasteiger partial charge in [0.25, 0.3) is 0 Å². The maximum Gasteiger partial charge on any atom is 0.0823 e. The number of hydrogen-bond donors (Lipinski definition) is 0. The first-order chi connectivity index (χ1) is 6.57. The van der Waals surface area contributed by atoms with Gasteiger partial charge < -0.3 is 4.48 Å². The maximum absolute atomic E-state index is 2.36. The van der Waals surface area contributed by atoms with Gasteiger partial charge in [0, 0.05) is 12.8 Å². The van der Waals surface area contributed by atoms with Crippen molar-refractivity contribution in [2.45, 2.75) is 19.8 Å². The van der Waals surface area contributed by atoms with E-state index in [0.29, 0.717) is 0 Å². The molecule has 1 aromatic carbocycles. The Labute approximate surface area is 86.9 Å². The molecule has 1 heterocycles. The van der Waals surface area contributed by atoms with Crippen molar-refractivity contribution in [1.29, 1.82) is 0 Å². The Kier molecular flexibility index (Phi) is 2.36. The highest BCUT2D eigenvalue weighted by Crippen LogP contribution is 2.19. The van der Waals surface area contributed by atoms with Crippen LogP contribution in [0.3, 0.4) is 0 Å². The normalized spacial score (nSPS) is 19.9. The van der Waals surface area contributed by atoms with Crippen molar-refractivity contribution in [3.8, 4) is 0 Å². The van der Waals surface area contributed by atoms with Crippen LogP contribution < -0.4 is 0 Å². The second kappa shape index (κ2) is 3.39. The molecule has 0 atom stereocenters. The van der Waals surface area contributed by atoms with E-state index in [2.05, 4.69) is 39.2 Å². The standard InChI is InChI=1S/C13H20N/c1-11-4-5-12-6-8-14(2,3)9-7-13(12)10-11/h4-5,10H,6-9H2,1-3H3/q+1. The zero-order chi connectivity index (χ0) is 10.2. The highest BCUT2D eigenvalue weighted by Gasteiger charge is 2.20. The number of likely N-dealkylation sites (N-methyl/N-ethyl adjacent to an activating group) is 1. The monoisotopic (exact) mass is 190 g/mol. The van der Waals surface area contributed by atoms with E-state index in [-0.39, 0.29) is 0 Å². The fourth-order valence-electron chi connectivity index (χ4n) is 2.19. The minimum Gasteiger partial charge on any atom is -0.328 e. The maximum atomic E-state index is 2.36. The largest absolute Gasteiger partial charge is 0.328 e. The van der Waals surface area contributed by atoms with E-state index in [1.165, 1.54) is 31.5 Å². The van der Waals surface area contributed by atoms with Gasteiger partial charge in [-0.25, -0.2) is 0 Å². The number of quaternary nitrogens is 1. The molecule has 1 nitrogen and oxygen atoms in total. The van der Waals surface area contributed by atoms with E-state index in [1.54, 1.807) is 11.1 Å². The van der Waals surface area contributed by atoms with Crippen LogP contribution in [0.4, 0.5) is 0 Å². The summed E-state index contributed by atoms with van der Waals surface area (Å²) in [5.41, 5.74) is 4.55. The molecule has 0 fully saturated rings. The zero-order valence-corrected chi connectivity index (χ0v) is 9.51. The van der Waals surface area contributed by atoms with E-state index in [1.807, 2.05) is 0 Å². The smallest absolute Gasteiger partial charge is 0.0823 e. The molecule has 14 heavy (non-hydrogen) atoms. The second-order valence-electron chi connectivity index (χ2n) is 5.16. The van der Waals surface area contributed by atoms with E-state index in [4.69, 9.17) is 0 Å². The van der Waals surface area contributed by atoms with Crippen LogP contribution in [0.15, 0.2) is 18.2 Å². The molecule has 0 amide bonds. The molecule has 76 valence electrons. The average molecular weight is 190 g/mol. The molecule has 2 rings (SSSR count). The molecule has 1 aromatic rings. The Morgan fingerprint density at radius 1 is 1.00 bits per heavy atom. The summed E-state index contributed by atoms with van der Waals surface area (Å²) in [7, 11) is 4.66. The van der Waals surface area contributed by atoms with Gasteiger partial charge in [0.05, 0.1) is 27.2 Å². The lowest BCUT2D eigenvalue weighted by molar-refractivity contribution is -0.889. The Balaban J connectivity index is 2.30. The lowest BCUT2D eigenvalue weighted by Crippen LogP contribution is -2.41. The third-order valence-electron chi connectivity index (χ3n) is 3.33. The molecule has 0 radical (unpaired) electrons. The van der Waals surface area contributed by atoms with Crippen LogP contribution in [0.25, 0.3) is 0 Å². The minimum absolute atomic E-state index is 1.16. The topological polar surface area (TPSA) is 0 Å². The van der Waals surface area contributed by atoms with Gasteiger partial charge in [0.15, 0.2) is 0 Å². The van der Waals surface area contributed by atoms with Crippen molar-refractivity contribution in [2.75, 3.05) is 27.2 Å². The Bertz CT molecular complexity index is 339. The van der Waals surface area contributed by atoms with Gasteiger partial charge in [0.1, 0.15) is 0 Å². The van der Waals surface area contributed by atoms with Crippen molar-refractivity contribution in [3.05, 3.63) is 34.9 Å². The predicted octanol–water partition coefficient (Wildman–Crippen LogP) is 2.17. The van der Waals surface area contributed by atoms with Gasteiger partial charge in [-0.05, 0) is 18.1 Å². The summed E-state index contributed by atoms with van der Waals surface area (Å²) in [4.78, 5) is 0. The van der Waals surface area contributed by atoms with E-state index in [0.717, 1.165) is 4.48 Å². The quantitative estimate of drug-likeness (QED) is 0.550. The molecule has 0 aromatic heterocycles. The van der Waals surface area contributed by atoms with Gasteiger partial charge in [-0.15, -0.1) is 0 Å². The molecule has 1 aliphatic rings. The summed E-state index contributed by atoms with van der Waals surface area (Å²) in [6.07, 6.45) is 2.48. The molecular formula is C13H20N+. The first-order valence-corrected chi connectivity index (χ1v) is 5.47. The SMILES string of the molecule is Cc1ccc2c(c1)CC[N+](C)(C)CC2. The number of rotatable bonds is 0. The van der Waals surface area contributed by atoms with Gasteiger partial charge in [-0.1, -0.05) is 23.8 Å². The fourth-order valence-corrected chi connectivity index (χ4v) is 2.19. The summed E-state index contributed by atoms with van der Waals surface area (Å²) in [5, 5.41) is 0. The minimum atomic E-state index is 1.16. The lowest BCUT2D eigenvalue weighted by Gasteiger charge is -2.27. The number of aryl methyl sites for hydroxylation is 1. The molecule has 0 saturated carbocycles. The second-order valence-corrected chi connectivity index (χ2v) is 5.16. The van der Waals surface area contributed by atoms with Gasteiger partial charge in [-0.2, -0.15) is 0 Å². The summed E-state index contributed by atoms with van der Waals surface area (Å²) in [5.74, 6) is 0. The van der Waals surface area contributed by atoms with E-state index < -0.39 is 0 Å². The number of fused-ring (bicyclic) bond motifs is 1. The molecular weight excluding hydrogens is 170 g/mol. The molecule has 0 saturated heterocycles. The third-order valence-corrected chi connectivity index (χ3v) is 3.33. The Morgan fingerprint density at radius 2 is 1.64 bits per heavy atom. The molecule has 0 bridgehead atoms. The van der Waals surface area contributed by atoms with Crippen LogP contribution >= 0.6 is 0 Å². The van der Waals surface area contributed by atoms with Crippen LogP contribution in [-0.2, 0) is 12.8 Å². The van der Waals surface area contributed by atoms with Crippen LogP contribution in [0.2, 0.25) is 0 Å². The first-order valence-electron chi connectivity index (χ1n) is 5.47. The Morgan fingerprint density at radius 3 is 2.36 bits per heavy atom. The highest BCUT2D eigenvalue weighted by molar-refractivity contribution is 5.32. The molecule has 0 aliphatic carbocycles. The summed E-state index contributed by atoms with van der Waals surface area (Å²) < 4.78 is 1.16. The lowest BCUT2D eigenvalue weighted by atomic mass is 10.0. The fraction of sp³-hybridized carbons (Fsp3) is 0.538. The van der Waals surface area contributed by atoms with Crippen LogP contribution in [0.5, 0.6) is 0 Å². The zero-order valence-electron chi connectivity index (χ0n) is 9.51. The van der Waals surface area contributed by atoms with Crippen LogP contribution in [-0.4, -0.2) is 31.7 Å². The summed E-state index contributed by atoms with van der Waals surface area (Å²) >= 11 is 0. The van der Waals surface area contributed by atoms with Crippen molar-refractivity contribution < 1.29 is 4.48 Å². The van der Waals surface area contributed by atoms with Crippen molar-refractivity contribution in [3.63, 3.8) is 0 Å². The molecule has 1 heteroatoms. The summed E-state index contributed by atoms with van der Waals surface area (Å²) in [6.45, 7) is 4.73.